The van der Waals surface area contributed by atoms with E-state index >= 15 is 0 Å². The zero-order valence-corrected chi connectivity index (χ0v) is 15.9. The third-order valence-electron chi connectivity index (χ3n) is 4.54. The van der Waals surface area contributed by atoms with E-state index in [0.29, 0.717) is 24.6 Å². The summed E-state index contributed by atoms with van der Waals surface area (Å²) in [6, 6.07) is 5.85. The van der Waals surface area contributed by atoms with Crippen LogP contribution in [0.2, 0.25) is 0 Å². The van der Waals surface area contributed by atoms with Crippen molar-refractivity contribution in [3.05, 3.63) is 40.9 Å². The van der Waals surface area contributed by atoms with E-state index in [2.05, 4.69) is 20.2 Å². The maximum absolute atomic E-state index is 12.5. The average molecular weight is 387 g/mol. The number of thiophene rings is 1. The van der Waals surface area contributed by atoms with Gasteiger partial charge in [0.25, 0.3) is 0 Å². The van der Waals surface area contributed by atoms with Crippen LogP contribution in [0.3, 0.4) is 0 Å². The van der Waals surface area contributed by atoms with Crippen LogP contribution in [0.25, 0.3) is 10.7 Å². The molecule has 0 unspecified atom stereocenters. The van der Waals surface area contributed by atoms with E-state index in [9.17, 15) is 4.79 Å². The van der Waals surface area contributed by atoms with Crippen LogP contribution in [-0.4, -0.2) is 57.2 Å². The second kappa shape index (κ2) is 8.01. The van der Waals surface area contributed by atoms with Crippen LogP contribution in [0.4, 0.5) is 0 Å². The lowest BCUT2D eigenvalue weighted by atomic mass is 10.2. The van der Waals surface area contributed by atoms with Crippen LogP contribution in [0.5, 0.6) is 0 Å². The zero-order valence-electron chi connectivity index (χ0n) is 15.1. The molecule has 0 radical (unpaired) electrons. The van der Waals surface area contributed by atoms with Gasteiger partial charge in [-0.3, -0.25) is 9.69 Å². The quantitative estimate of drug-likeness (QED) is 0.641. The van der Waals surface area contributed by atoms with Gasteiger partial charge in [0.05, 0.1) is 17.1 Å². The summed E-state index contributed by atoms with van der Waals surface area (Å²) < 4.78 is 10.5. The van der Waals surface area contributed by atoms with Gasteiger partial charge in [0.1, 0.15) is 0 Å². The topological polar surface area (TPSA) is 88.5 Å². The van der Waals surface area contributed by atoms with Crippen LogP contribution in [0, 0.1) is 6.92 Å². The maximum Gasteiger partial charge on any atom is 0.227 e. The average Bonchev–Trinajstić information content (AvgIpc) is 3.42. The number of amides is 1. The lowest BCUT2D eigenvalue weighted by Gasteiger charge is -2.34. The van der Waals surface area contributed by atoms with Gasteiger partial charge in [-0.25, -0.2) is 0 Å². The van der Waals surface area contributed by atoms with Gasteiger partial charge in [0.15, 0.2) is 5.76 Å². The number of nitrogens with zero attached hydrogens (tertiary/aromatic N) is 5. The third kappa shape index (κ3) is 4.42. The second-order valence-electron chi connectivity index (χ2n) is 6.58. The van der Waals surface area contributed by atoms with Crippen molar-refractivity contribution in [3.8, 4) is 10.7 Å². The van der Waals surface area contributed by atoms with Crippen molar-refractivity contribution in [1.82, 2.24) is 25.1 Å². The molecule has 4 heterocycles. The van der Waals surface area contributed by atoms with Crippen LogP contribution in [-0.2, 0) is 17.8 Å². The van der Waals surface area contributed by atoms with Crippen molar-refractivity contribution < 1.29 is 13.8 Å². The Hall–Kier alpha value is -2.52. The second-order valence-corrected chi connectivity index (χ2v) is 7.53. The molecule has 0 spiro atoms. The van der Waals surface area contributed by atoms with Gasteiger partial charge >= 0.3 is 0 Å². The molecule has 9 heteroatoms. The lowest BCUT2D eigenvalue weighted by Crippen LogP contribution is -2.48. The number of carbonyl (C=O) groups is 1. The van der Waals surface area contributed by atoms with E-state index in [1.165, 1.54) is 0 Å². The first-order valence-electron chi connectivity index (χ1n) is 8.96. The lowest BCUT2D eigenvalue weighted by molar-refractivity contribution is -0.133. The standard InChI is InChI=1S/C18H21N5O3S/c1-13-11-14(25-20-13)12-22-6-8-23(9-7-22)17(24)5-4-16-19-18(21-26-16)15-3-2-10-27-15/h2-3,10-11H,4-9,12H2,1H3. The fourth-order valence-corrected chi connectivity index (χ4v) is 3.75. The van der Waals surface area contributed by atoms with Gasteiger partial charge < -0.3 is 13.9 Å². The molecule has 1 aliphatic heterocycles. The summed E-state index contributed by atoms with van der Waals surface area (Å²) in [4.78, 5) is 22.0. The number of rotatable bonds is 6. The maximum atomic E-state index is 12.5. The summed E-state index contributed by atoms with van der Waals surface area (Å²) in [6.45, 7) is 5.74. The van der Waals surface area contributed by atoms with Crippen molar-refractivity contribution in [3.63, 3.8) is 0 Å². The minimum Gasteiger partial charge on any atom is -0.360 e. The third-order valence-corrected chi connectivity index (χ3v) is 5.41. The highest BCUT2D eigenvalue weighted by Gasteiger charge is 2.22. The Morgan fingerprint density at radius 1 is 1.22 bits per heavy atom. The van der Waals surface area contributed by atoms with Gasteiger partial charge in [-0.05, 0) is 18.4 Å². The van der Waals surface area contributed by atoms with Crippen molar-refractivity contribution in [2.24, 2.45) is 0 Å². The van der Waals surface area contributed by atoms with Crippen LogP contribution < -0.4 is 0 Å². The minimum atomic E-state index is 0.126. The number of aromatic nitrogens is 3. The first-order chi connectivity index (χ1) is 13.2. The van der Waals surface area contributed by atoms with Crippen LogP contribution in [0.15, 0.2) is 32.6 Å². The summed E-state index contributed by atoms with van der Waals surface area (Å²) in [6.07, 6.45) is 0.849. The summed E-state index contributed by atoms with van der Waals surface area (Å²) in [5.74, 6) is 2.08. The molecule has 0 bridgehead atoms. The normalized spacial score (nSPS) is 15.4. The summed E-state index contributed by atoms with van der Waals surface area (Å²) in [7, 11) is 0. The molecule has 1 amide bonds. The highest BCUT2D eigenvalue weighted by molar-refractivity contribution is 7.13. The Labute approximate surface area is 160 Å². The molecule has 0 saturated carbocycles. The first-order valence-corrected chi connectivity index (χ1v) is 9.84. The van der Waals surface area contributed by atoms with Crippen molar-refractivity contribution in [2.75, 3.05) is 26.2 Å². The zero-order chi connectivity index (χ0) is 18.6. The van der Waals surface area contributed by atoms with E-state index in [-0.39, 0.29) is 5.91 Å². The Bertz CT molecular complexity index is 881. The molecule has 0 atom stereocenters. The van der Waals surface area contributed by atoms with Gasteiger partial charge in [0.2, 0.25) is 17.6 Å². The molecule has 0 aromatic carbocycles. The number of hydrogen-bond donors (Lipinski definition) is 0. The molecular formula is C18H21N5O3S. The molecule has 1 fully saturated rings. The molecule has 1 saturated heterocycles. The molecule has 0 aliphatic carbocycles. The summed E-state index contributed by atoms with van der Waals surface area (Å²) in [5.41, 5.74) is 0.891. The van der Waals surface area contributed by atoms with E-state index in [1.54, 1.807) is 11.3 Å². The number of piperazine rings is 1. The smallest absolute Gasteiger partial charge is 0.227 e. The molecular weight excluding hydrogens is 366 g/mol. The molecule has 8 nitrogen and oxygen atoms in total. The predicted molar refractivity (Wildman–Crippen MR) is 99.0 cm³/mol. The molecule has 1 aliphatic rings. The van der Waals surface area contributed by atoms with Crippen molar-refractivity contribution >= 4 is 17.2 Å². The molecule has 0 N–H and O–H groups in total. The first kappa shape index (κ1) is 17.9. The Balaban J connectivity index is 1.23. The predicted octanol–water partition coefficient (Wildman–Crippen LogP) is 2.37. The van der Waals surface area contributed by atoms with E-state index in [0.717, 1.165) is 49.1 Å². The van der Waals surface area contributed by atoms with E-state index < -0.39 is 0 Å². The fourth-order valence-electron chi connectivity index (χ4n) is 3.10. The van der Waals surface area contributed by atoms with Gasteiger partial charge in [-0.15, -0.1) is 11.3 Å². The number of carbonyl (C=O) groups excluding carboxylic acids is 1. The van der Waals surface area contributed by atoms with Crippen LogP contribution >= 0.6 is 11.3 Å². The molecule has 3 aromatic rings. The number of hydrogen-bond acceptors (Lipinski definition) is 8. The summed E-state index contributed by atoms with van der Waals surface area (Å²) in [5, 5.41) is 9.86. The molecule has 27 heavy (non-hydrogen) atoms. The number of aryl methyl sites for hydroxylation is 2. The highest BCUT2D eigenvalue weighted by atomic mass is 32.1. The van der Waals surface area contributed by atoms with Crippen molar-refractivity contribution in [2.45, 2.75) is 26.3 Å². The Kier molecular flexibility index (Phi) is 5.30. The fraction of sp³-hybridized carbons (Fsp3) is 0.444. The largest absolute Gasteiger partial charge is 0.360 e. The van der Waals surface area contributed by atoms with E-state index in [1.807, 2.05) is 35.4 Å². The van der Waals surface area contributed by atoms with Crippen LogP contribution in [0.1, 0.15) is 23.8 Å². The Morgan fingerprint density at radius 3 is 2.78 bits per heavy atom. The monoisotopic (exact) mass is 387 g/mol. The summed E-state index contributed by atoms with van der Waals surface area (Å²) >= 11 is 1.56. The molecule has 3 aromatic heterocycles. The molecule has 142 valence electrons. The van der Waals surface area contributed by atoms with Gasteiger partial charge in [-0.2, -0.15) is 4.98 Å². The highest BCUT2D eigenvalue weighted by Crippen LogP contribution is 2.21. The Morgan fingerprint density at radius 2 is 2.07 bits per heavy atom. The minimum absolute atomic E-state index is 0.126. The van der Waals surface area contributed by atoms with Crippen molar-refractivity contribution in [1.29, 1.82) is 0 Å². The SMILES string of the molecule is Cc1cc(CN2CCN(C(=O)CCc3nc(-c4cccs4)no3)CC2)on1. The molecule has 4 rings (SSSR count). The van der Waals surface area contributed by atoms with Gasteiger partial charge in [0, 0.05) is 45.1 Å². The van der Waals surface area contributed by atoms with E-state index in [4.69, 9.17) is 9.05 Å². The van der Waals surface area contributed by atoms with Gasteiger partial charge in [-0.1, -0.05) is 16.4 Å².